The average molecular weight is 443 g/mol. The van der Waals surface area contributed by atoms with Crippen molar-refractivity contribution in [2.24, 2.45) is 0 Å². The van der Waals surface area contributed by atoms with Crippen molar-refractivity contribution in [1.29, 1.82) is 0 Å². The van der Waals surface area contributed by atoms with Crippen LogP contribution in [0.5, 0.6) is 0 Å². The predicted octanol–water partition coefficient (Wildman–Crippen LogP) is 4.84. The largest absolute Gasteiger partial charge is 0.465 e. The van der Waals surface area contributed by atoms with Crippen molar-refractivity contribution in [2.45, 2.75) is 17.5 Å². The third-order valence-corrected chi connectivity index (χ3v) is 7.20. The van der Waals surface area contributed by atoms with Gasteiger partial charge in [0.1, 0.15) is 5.00 Å². The van der Waals surface area contributed by atoms with Gasteiger partial charge >= 0.3 is 12.1 Å². The molecule has 0 aliphatic heterocycles. The fraction of sp³-hybridized carbons (Fsp3) is 0.211. The summed E-state index contributed by atoms with van der Waals surface area (Å²) in [4.78, 5) is 11.3. The zero-order valence-electron chi connectivity index (χ0n) is 15.1. The van der Waals surface area contributed by atoms with Crippen LogP contribution < -0.4 is 4.31 Å². The summed E-state index contributed by atoms with van der Waals surface area (Å²) in [5.74, 6) is -0.646. The van der Waals surface area contributed by atoms with Gasteiger partial charge in [0.05, 0.1) is 24.0 Å². The van der Waals surface area contributed by atoms with Crippen molar-refractivity contribution in [1.82, 2.24) is 0 Å². The van der Waals surface area contributed by atoms with E-state index >= 15 is 0 Å². The summed E-state index contributed by atoms with van der Waals surface area (Å²) in [6.45, 7) is -0.753. The molecule has 0 unspecified atom stereocenters. The van der Waals surface area contributed by atoms with Crippen LogP contribution in [-0.2, 0) is 14.8 Å². The van der Waals surface area contributed by atoms with Gasteiger partial charge in [0.2, 0.25) is 0 Å². The molecule has 0 bridgehead atoms. The first-order valence-corrected chi connectivity index (χ1v) is 10.6. The number of carbonyl (C=O) groups excluding carboxylic acids is 1. The molecular weight excluding hydrogens is 427 g/mol. The molecule has 154 valence electrons. The Balaban J connectivity index is 2.02. The van der Waals surface area contributed by atoms with Gasteiger partial charge in [-0.1, -0.05) is 18.2 Å². The topological polar surface area (TPSA) is 63.7 Å². The molecule has 1 heterocycles. The first-order valence-electron chi connectivity index (χ1n) is 8.38. The molecule has 0 radical (unpaired) electrons. The summed E-state index contributed by atoms with van der Waals surface area (Å²) in [6.07, 6.45) is -5.81. The van der Waals surface area contributed by atoms with Gasteiger partial charge < -0.3 is 4.74 Å². The molecule has 0 saturated carbocycles. The Labute approximate surface area is 169 Å². The van der Waals surface area contributed by atoms with Crippen LogP contribution in [0.3, 0.4) is 0 Å². The quantitative estimate of drug-likeness (QED) is 0.512. The van der Waals surface area contributed by atoms with E-state index < -0.39 is 35.1 Å². The molecule has 0 atom stereocenters. The number of fused-ring (bicyclic) bond motifs is 1. The van der Waals surface area contributed by atoms with Crippen molar-refractivity contribution >= 4 is 42.4 Å². The number of nitrogens with zero attached hydrogens (tertiary/aromatic N) is 1. The molecule has 0 amide bonds. The molecule has 10 heteroatoms. The summed E-state index contributed by atoms with van der Waals surface area (Å²) in [7, 11) is -3.09. The van der Waals surface area contributed by atoms with Crippen LogP contribution in [0.4, 0.5) is 18.2 Å². The van der Waals surface area contributed by atoms with Crippen molar-refractivity contribution < 1.29 is 31.1 Å². The molecule has 0 aliphatic carbocycles. The van der Waals surface area contributed by atoms with Gasteiger partial charge in [-0.3, -0.25) is 4.31 Å². The molecule has 29 heavy (non-hydrogen) atoms. The monoisotopic (exact) mass is 443 g/mol. The fourth-order valence-corrected chi connectivity index (χ4v) is 5.43. The van der Waals surface area contributed by atoms with Gasteiger partial charge in [0.25, 0.3) is 10.0 Å². The number of rotatable bonds is 6. The molecule has 0 N–H and O–H groups in total. The highest BCUT2D eigenvalue weighted by atomic mass is 32.2. The Morgan fingerprint density at radius 3 is 2.34 bits per heavy atom. The first kappa shape index (κ1) is 21.1. The van der Waals surface area contributed by atoms with Crippen molar-refractivity contribution in [2.75, 3.05) is 18.0 Å². The van der Waals surface area contributed by atoms with E-state index in [9.17, 15) is 26.4 Å². The first-order chi connectivity index (χ1) is 13.6. The predicted molar refractivity (Wildman–Crippen MR) is 105 cm³/mol. The molecule has 1 aromatic heterocycles. The second-order valence-corrected chi connectivity index (χ2v) is 9.01. The van der Waals surface area contributed by atoms with Gasteiger partial charge in [-0.2, -0.15) is 13.2 Å². The zero-order valence-corrected chi connectivity index (χ0v) is 16.8. The van der Waals surface area contributed by atoms with Crippen molar-refractivity contribution in [3.05, 3.63) is 60.2 Å². The van der Waals surface area contributed by atoms with Crippen LogP contribution in [0.15, 0.2) is 59.5 Å². The lowest BCUT2D eigenvalue weighted by Gasteiger charge is -2.23. The summed E-state index contributed by atoms with van der Waals surface area (Å²) < 4.78 is 70.9. The van der Waals surface area contributed by atoms with E-state index in [0.29, 0.717) is 0 Å². The Bertz CT molecular complexity index is 1090. The normalized spacial score (nSPS) is 12.1. The van der Waals surface area contributed by atoms with Crippen LogP contribution in [0.1, 0.15) is 16.8 Å². The second kappa shape index (κ2) is 8.03. The average Bonchev–Trinajstić information content (AvgIpc) is 3.10. The molecule has 5 nitrogen and oxygen atoms in total. The number of alkyl halides is 3. The molecule has 3 aromatic rings. The Hall–Kier alpha value is -2.59. The van der Waals surface area contributed by atoms with Crippen LogP contribution >= 0.6 is 11.3 Å². The van der Waals surface area contributed by atoms with Crippen molar-refractivity contribution in [3.8, 4) is 0 Å². The van der Waals surface area contributed by atoms with E-state index in [1.165, 1.54) is 31.4 Å². The molecule has 0 saturated heterocycles. The zero-order chi connectivity index (χ0) is 21.2. The number of hydrogen-bond acceptors (Lipinski definition) is 5. The molecule has 0 aliphatic rings. The lowest BCUT2D eigenvalue weighted by molar-refractivity contribution is -0.131. The van der Waals surface area contributed by atoms with E-state index in [1.54, 1.807) is 30.3 Å². The number of hydrogen-bond donors (Lipinski definition) is 0. The Kier molecular flexibility index (Phi) is 5.85. The standard InChI is InChI=1S/C19H16F3NO4S2/c1-27-18(24)13-6-8-15(9-7-13)29(25,26)23(11-10-19(20,21)22)17-12-14-4-2-3-5-16(14)28-17/h2-9,12H,10-11H2,1H3. The lowest BCUT2D eigenvalue weighted by Crippen LogP contribution is -2.33. The Morgan fingerprint density at radius 1 is 1.10 bits per heavy atom. The summed E-state index contributed by atoms with van der Waals surface area (Å²) in [5.41, 5.74) is 0.134. The van der Waals surface area contributed by atoms with Gasteiger partial charge in [-0.25, -0.2) is 13.2 Å². The van der Waals surface area contributed by atoms with Crippen LogP contribution in [-0.4, -0.2) is 34.2 Å². The number of ether oxygens (including phenoxy) is 1. The maximum absolute atomic E-state index is 13.1. The van der Waals surface area contributed by atoms with Crippen LogP contribution in [0.25, 0.3) is 10.1 Å². The summed E-state index contributed by atoms with van der Waals surface area (Å²) >= 11 is 1.09. The fourth-order valence-electron chi connectivity index (χ4n) is 2.68. The number of anilines is 1. The van der Waals surface area contributed by atoms with Crippen LogP contribution in [0, 0.1) is 0 Å². The molecule has 3 rings (SSSR count). The van der Waals surface area contributed by atoms with E-state index in [0.717, 1.165) is 25.7 Å². The number of sulfonamides is 1. The third-order valence-electron chi connectivity index (χ3n) is 4.12. The number of methoxy groups -OCH3 is 1. The lowest BCUT2D eigenvalue weighted by atomic mass is 10.2. The number of carbonyl (C=O) groups is 1. The minimum Gasteiger partial charge on any atom is -0.465 e. The van der Waals surface area contributed by atoms with Gasteiger partial charge in [-0.05, 0) is 41.8 Å². The molecule has 0 spiro atoms. The minimum atomic E-state index is -4.51. The maximum Gasteiger partial charge on any atom is 0.390 e. The smallest absolute Gasteiger partial charge is 0.390 e. The third kappa shape index (κ3) is 4.70. The number of halogens is 3. The number of benzene rings is 2. The maximum atomic E-state index is 13.1. The van der Waals surface area contributed by atoms with E-state index in [4.69, 9.17) is 0 Å². The highest BCUT2D eigenvalue weighted by Crippen LogP contribution is 2.36. The van der Waals surface area contributed by atoms with Crippen LogP contribution in [0.2, 0.25) is 0 Å². The Morgan fingerprint density at radius 2 is 1.76 bits per heavy atom. The van der Waals surface area contributed by atoms with Gasteiger partial charge in [-0.15, -0.1) is 11.3 Å². The second-order valence-electron chi connectivity index (χ2n) is 6.08. The molecule has 0 fully saturated rings. The highest BCUT2D eigenvalue weighted by Gasteiger charge is 2.33. The summed E-state index contributed by atoms with van der Waals surface area (Å²) in [6, 6.07) is 13.5. The molecular formula is C19H16F3NO4S2. The number of esters is 1. The highest BCUT2D eigenvalue weighted by molar-refractivity contribution is 7.93. The SMILES string of the molecule is COC(=O)c1ccc(S(=O)(=O)N(CCC(F)(F)F)c2cc3ccccc3s2)cc1. The minimum absolute atomic E-state index is 0.134. The van der Waals surface area contributed by atoms with E-state index in [1.807, 2.05) is 0 Å². The van der Waals surface area contributed by atoms with Gasteiger partial charge in [0.15, 0.2) is 0 Å². The van der Waals surface area contributed by atoms with Gasteiger partial charge in [0, 0.05) is 11.2 Å². The van der Waals surface area contributed by atoms with Crippen molar-refractivity contribution in [3.63, 3.8) is 0 Å². The van der Waals surface area contributed by atoms with E-state index in [2.05, 4.69) is 4.74 Å². The number of thiophene rings is 1. The van der Waals surface area contributed by atoms with E-state index in [-0.39, 0.29) is 15.5 Å². The summed E-state index contributed by atoms with van der Waals surface area (Å²) in [5, 5.41) is 0.924. The molecule has 2 aromatic carbocycles.